The number of hydrogen-bond donors (Lipinski definition) is 1. The zero-order valence-corrected chi connectivity index (χ0v) is 12.6. The van der Waals surface area contributed by atoms with Gasteiger partial charge in [0.15, 0.2) is 0 Å². The second-order valence-electron chi connectivity index (χ2n) is 6.24. The zero-order valence-electron chi connectivity index (χ0n) is 12.6. The normalized spacial score (nSPS) is 19.3. The van der Waals surface area contributed by atoms with Crippen LogP contribution in [0.5, 0.6) is 5.75 Å². The first-order chi connectivity index (χ1) is 10.1. The van der Waals surface area contributed by atoms with E-state index in [2.05, 4.69) is 4.90 Å². The summed E-state index contributed by atoms with van der Waals surface area (Å²) in [5, 5.41) is 9.70. The molecule has 1 spiro atoms. The summed E-state index contributed by atoms with van der Waals surface area (Å²) in [6.45, 7) is 5.20. The average Bonchev–Trinajstić information content (AvgIpc) is 3.20. The minimum Gasteiger partial charge on any atom is -0.508 e. The van der Waals surface area contributed by atoms with E-state index in [-0.39, 0.29) is 11.4 Å². The van der Waals surface area contributed by atoms with Crippen molar-refractivity contribution in [3.05, 3.63) is 29.3 Å². The largest absolute Gasteiger partial charge is 0.508 e. The predicted molar refractivity (Wildman–Crippen MR) is 80.2 cm³/mol. The summed E-state index contributed by atoms with van der Waals surface area (Å²) in [6, 6.07) is 5.76. The van der Waals surface area contributed by atoms with Crippen molar-refractivity contribution in [2.45, 2.75) is 44.6 Å². The van der Waals surface area contributed by atoms with Crippen LogP contribution in [0.3, 0.4) is 0 Å². The predicted octanol–water partition coefficient (Wildman–Crippen LogP) is 2.58. The Morgan fingerprint density at radius 3 is 2.95 bits per heavy atom. The van der Waals surface area contributed by atoms with Crippen LogP contribution in [0.15, 0.2) is 18.2 Å². The highest BCUT2D eigenvalue weighted by atomic mass is 16.5. The maximum atomic E-state index is 11.4. The van der Waals surface area contributed by atoms with Crippen molar-refractivity contribution in [1.29, 1.82) is 0 Å². The first-order valence-corrected chi connectivity index (χ1v) is 7.83. The molecule has 1 aliphatic carbocycles. The quantitative estimate of drug-likeness (QED) is 0.847. The number of rotatable bonds is 5. The highest BCUT2D eigenvalue weighted by Gasteiger charge is 2.48. The van der Waals surface area contributed by atoms with Gasteiger partial charge in [0.25, 0.3) is 0 Å². The number of carbonyl (C=O) groups is 1. The topological polar surface area (TPSA) is 49.8 Å². The molecule has 0 atom stereocenters. The van der Waals surface area contributed by atoms with Crippen LogP contribution in [-0.2, 0) is 21.5 Å². The number of phenols is 1. The molecule has 1 N–H and O–H groups in total. The van der Waals surface area contributed by atoms with Gasteiger partial charge >= 0.3 is 5.97 Å². The molecule has 1 saturated carbocycles. The van der Waals surface area contributed by atoms with Crippen molar-refractivity contribution in [3.8, 4) is 5.75 Å². The standard InChI is InChI=1S/C17H23NO3/c1-2-21-16(20)4-3-9-18-11-13-5-6-14(19)10-15(13)17(12-18)7-8-17/h5-6,10,19H,2-4,7-9,11-12H2,1H3. The number of aromatic hydroxyl groups is 1. The van der Waals surface area contributed by atoms with Gasteiger partial charge in [0.1, 0.15) is 5.75 Å². The maximum Gasteiger partial charge on any atom is 0.305 e. The Morgan fingerprint density at radius 2 is 2.24 bits per heavy atom. The number of hydrogen-bond acceptors (Lipinski definition) is 4. The SMILES string of the molecule is CCOC(=O)CCCN1Cc2ccc(O)cc2C2(CC2)C1. The van der Waals surface area contributed by atoms with Gasteiger partial charge in [-0.1, -0.05) is 6.07 Å². The third kappa shape index (κ3) is 3.05. The van der Waals surface area contributed by atoms with Gasteiger partial charge in [-0.2, -0.15) is 0 Å². The Hall–Kier alpha value is -1.55. The number of esters is 1. The van der Waals surface area contributed by atoms with Gasteiger partial charge in [0.2, 0.25) is 0 Å². The molecule has 0 amide bonds. The highest BCUT2D eigenvalue weighted by Crippen LogP contribution is 2.52. The monoisotopic (exact) mass is 289 g/mol. The summed E-state index contributed by atoms with van der Waals surface area (Å²) >= 11 is 0. The van der Waals surface area contributed by atoms with Crippen LogP contribution >= 0.6 is 0 Å². The number of fused-ring (bicyclic) bond motifs is 2. The Kier molecular flexibility index (Phi) is 3.89. The summed E-state index contributed by atoms with van der Waals surface area (Å²) in [5.74, 6) is 0.275. The molecule has 3 rings (SSSR count). The first kappa shape index (κ1) is 14.4. The van der Waals surface area contributed by atoms with Crippen LogP contribution in [0.4, 0.5) is 0 Å². The Morgan fingerprint density at radius 1 is 1.43 bits per heavy atom. The Balaban J connectivity index is 1.60. The maximum absolute atomic E-state index is 11.4. The lowest BCUT2D eigenvalue weighted by Crippen LogP contribution is -2.38. The third-order valence-electron chi connectivity index (χ3n) is 4.60. The molecular weight excluding hydrogens is 266 g/mol. The van der Waals surface area contributed by atoms with Gasteiger partial charge in [0, 0.05) is 24.9 Å². The van der Waals surface area contributed by atoms with E-state index >= 15 is 0 Å². The molecule has 21 heavy (non-hydrogen) atoms. The molecule has 0 unspecified atom stereocenters. The lowest BCUT2D eigenvalue weighted by Gasteiger charge is -2.35. The molecular formula is C17H23NO3. The van der Waals surface area contributed by atoms with E-state index in [0.29, 0.717) is 18.8 Å². The smallest absolute Gasteiger partial charge is 0.305 e. The minimum absolute atomic E-state index is 0.0963. The second kappa shape index (κ2) is 5.68. The van der Waals surface area contributed by atoms with Crippen molar-refractivity contribution >= 4 is 5.97 Å². The van der Waals surface area contributed by atoms with Crippen LogP contribution in [0.2, 0.25) is 0 Å². The number of phenolic OH excluding ortho intramolecular Hbond substituents is 1. The molecule has 1 aliphatic heterocycles. The fourth-order valence-electron chi connectivity index (χ4n) is 3.42. The summed E-state index contributed by atoms with van der Waals surface area (Å²) in [6.07, 6.45) is 3.76. The van der Waals surface area contributed by atoms with Crippen molar-refractivity contribution < 1.29 is 14.6 Å². The van der Waals surface area contributed by atoms with Gasteiger partial charge in [-0.25, -0.2) is 0 Å². The van der Waals surface area contributed by atoms with E-state index in [0.717, 1.165) is 26.1 Å². The number of benzene rings is 1. The third-order valence-corrected chi connectivity index (χ3v) is 4.60. The fourth-order valence-corrected chi connectivity index (χ4v) is 3.42. The van der Waals surface area contributed by atoms with E-state index in [1.807, 2.05) is 19.1 Å². The molecule has 1 heterocycles. The van der Waals surface area contributed by atoms with Crippen LogP contribution in [-0.4, -0.2) is 35.7 Å². The van der Waals surface area contributed by atoms with Crippen molar-refractivity contribution in [2.75, 3.05) is 19.7 Å². The van der Waals surface area contributed by atoms with E-state index in [1.54, 1.807) is 6.07 Å². The average molecular weight is 289 g/mol. The molecule has 4 heteroatoms. The van der Waals surface area contributed by atoms with E-state index in [4.69, 9.17) is 4.74 Å². The molecule has 4 nitrogen and oxygen atoms in total. The van der Waals surface area contributed by atoms with Crippen molar-refractivity contribution in [3.63, 3.8) is 0 Å². The molecule has 1 fully saturated rings. The molecule has 114 valence electrons. The summed E-state index contributed by atoms with van der Waals surface area (Å²) in [4.78, 5) is 13.8. The Bertz CT molecular complexity index is 537. The molecule has 0 bridgehead atoms. The number of carbonyl (C=O) groups excluding carboxylic acids is 1. The molecule has 1 aromatic carbocycles. The van der Waals surface area contributed by atoms with Gasteiger partial charge in [-0.05, 0) is 56.0 Å². The van der Waals surface area contributed by atoms with Gasteiger partial charge in [0.05, 0.1) is 6.61 Å². The number of ether oxygens (including phenoxy) is 1. The Labute approximate surface area is 125 Å². The van der Waals surface area contributed by atoms with Crippen molar-refractivity contribution in [2.24, 2.45) is 0 Å². The van der Waals surface area contributed by atoms with E-state index in [1.165, 1.54) is 24.0 Å². The van der Waals surface area contributed by atoms with Gasteiger partial charge < -0.3 is 9.84 Å². The number of nitrogens with zero attached hydrogens (tertiary/aromatic N) is 1. The molecule has 0 saturated heterocycles. The minimum atomic E-state index is -0.0963. The molecule has 0 radical (unpaired) electrons. The van der Waals surface area contributed by atoms with Gasteiger partial charge in [-0.3, -0.25) is 9.69 Å². The zero-order chi connectivity index (χ0) is 14.9. The highest BCUT2D eigenvalue weighted by molar-refractivity contribution is 5.69. The van der Waals surface area contributed by atoms with Crippen LogP contribution in [0.25, 0.3) is 0 Å². The first-order valence-electron chi connectivity index (χ1n) is 7.83. The van der Waals surface area contributed by atoms with E-state index < -0.39 is 0 Å². The van der Waals surface area contributed by atoms with Crippen LogP contribution in [0.1, 0.15) is 43.7 Å². The van der Waals surface area contributed by atoms with Crippen LogP contribution in [0, 0.1) is 0 Å². The van der Waals surface area contributed by atoms with Crippen LogP contribution < -0.4 is 0 Å². The lowest BCUT2D eigenvalue weighted by atomic mass is 9.86. The molecule has 1 aromatic rings. The van der Waals surface area contributed by atoms with Crippen molar-refractivity contribution in [1.82, 2.24) is 4.90 Å². The lowest BCUT2D eigenvalue weighted by molar-refractivity contribution is -0.143. The molecule has 0 aromatic heterocycles. The van der Waals surface area contributed by atoms with Gasteiger partial charge in [-0.15, -0.1) is 0 Å². The second-order valence-corrected chi connectivity index (χ2v) is 6.24. The fraction of sp³-hybridized carbons (Fsp3) is 0.588. The van der Waals surface area contributed by atoms with E-state index in [9.17, 15) is 9.90 Å². The summed E-state index contributed by atoms with van der Waals surface area (Å²) in [5.41, 5.74) is 2.92. The molecule has 2 aliphatic rings. The summed E-state index contributed by atoms with van der Waals surface area (Å²) < 4.78 is 4.97. The summed E-state index contributed by atoms with van der Waals surface area (Å²) in [7, 11) is 0.